The van der Waals surface area contributed by atoms with Crippen LogP contribution in [0.4, 0.5) is 5.69 Å². The molecule has 1 aliphatic heterocycles. The number of hydrogen-bond donors (Lipinski definition) is 1. The van der Waals surface area contributed by atoms with E-state index in [-0.39, 0.29) is 12.1 Å². The van der Waals surface area contributed by atoms with E-state index in [1.54, 1.807) is 6.07 Å². The van der Waals surface area contributed by atoms with Gasteiger partial charge >= 0.3 is 0 Å². The van der Waals surface area contributed by atoms with Crippen LogP contribution in [0.3, 0.4) is 0 Å². The minimum atomic E-state index is -0.166. The number of ether oxygens (including phenoxy) is 1. The number of nitrogens with one attached hydrogen (secondary N) is 1. The van der Waals surface area contributed by atoms with Crippen molar-refractivity contribution >= 4 is 46.2 Å². The lowest BCUT2D eigenvalue weighted by atomic mass is 9.96. The van der Waals surface area contributed by atoms with E-state index in [2.05, 4.69) is 34.7 Å². The van der Waals surface area contributed by atoms with Gasteiger partial charge in [-0.1, -0.05) is 47.5 Å². The Morgan fingerprint density at radius 3 is 2.34 bits per heavy atom. The average Bonchev–Trinajstić information content (AvgIpc) is 3.46. The van der Waals surface area contributed by atoms with Gasteiger partial charge < -0.3 is 19.5 Å². The summed E-state index contributed by atoms with van der Waals surface area (Å²) < 4.78 is 8.33. The molecule has 41 heavy (non-hydrogen) atoms. The Hall–Kier alpha value is -3.84. The third kappa shape index (κ3) is 5.19. The van der Waals surface area contributed by atoms with Gasteiger partial charge in [0.15, 0.2) is 5.11 Å². The number of rotatable bonds is 6. The number of halogens is 2. The molecule has 2 atom stereocenters. The molecule has 0 radical (unpaired) electrons. The standard InChI is InChI=1S/C33H28Cl2N4OS/c1-20-8-4-5-10-30(20)40-25-14-12-24(13-15-25)39-32(31(37-33(39)41)28-9-6-7-17-36-28)26-18-21(2)38(22(26)3)29-16-11-23(34)19-27(29)35/h4-19,31-32H,1-3H3,(H,37,41)/t31-,32-/m1/s1. The minimum Gasteiger partial charge on any atom is -0.457 e. The Balaban J connectivity index is 1.43. The molecule has 6 rings (SSSR count). The van der Waals surface area contributed by atoms with Crippen LogP contribution in [0.15, 0.2) is 97.2 Å². The molecule has 5 nitrogen and oxygen atoms in total. The summed E-state index contributed by atoms with van der Waals surface area (Å²) in [5.41, 5.74) is 7.07. The first-order valence-electron chi connectivity index (χ1n) is 13.3. The monoisotopic (exact) mass is 598 g/mol. The van der Waals surface area contributed by atoms with E-state index in [0.717, 1.165) is 51.1 Å². The van der Waals surface area contributed by atoms with Gasteiger partial charge in [0.05, 0.1) is 28.5 Å². The number of para-hydroxylation sites is 1. The topological polar surface area (TPSA) is 42.3 Å². The van der Waals surface area contributed by atoms with Gasteiger partial charge in [-0.15, -0.1) is 0 Å². The smallest absolute Gasteiger partial charge is 0.174 e. The molecule has 206 valence electrons. The summed E-state index contributed by atoms with van der Waals surface area (Å²) in [6, 6.07) is 29.5. The summed E-state index contributed by atoms with van der Waals surface area (Å²) in [6.07, 6.45) is 1.81. The fourth-order valence-corrected chi connectivity index (χ4v) is 6.38. The first-order chi connectivity index (χ1) is 19.8. The zero-order chi connectivity index (χ0) is 28.7. The van der Waals surface area contributed by atoms with Gasteiger partial charge in [0, 0.05) is 28.3 Å². The predicted molar refractivity (Wildman–Crippen MR) is 171 cm³/mol. The van der Waals surface area contributed by atoms with Crippen molar-refractivity contribution in [3.63, 3.8) is 0 Å². The number of aryl methyl sites for hydroxylation is 2. The van der Waals surface area contributed by atoms with E-state index in [9.17, 15) is 0 Å². The SMILES string of the molecule is Cc1ccccc1Oc1ccc(N2C(=S)N[C@H](c3ccccn3)[C@H]2c2cc(C)n(-c3ccc(Cl)cc3Cl)c2C)cc1. The van der Waals surface area contributed by atoms with Crippen LogP contribution in [-0.2, 0) is 0 Å². The van der Waals surface area contributed by atoms with Crippen molar-refractivity contribution in [2.75, 3.05) is 4.90 Å². The summed E-state index contributed by atoms with van der Waals surface area (Å²) in [7, 11) is 0. The minimum absolute atomic E-state index is 0.161. The molecular formula is C33H28Cl2N4OS. The maximum absolute atomic E-state index is 6.66. The second-order valence-electron chi connectivity index (χ2n) is 10.1. The highest BCUT2D eigenvalue weighted by Crippen LogP contribution is 2.44. The molecule has 8 heteroatoms. The molecule has 5 aromatic rings. The fourth-order valence-electron chi connectivity index (χ4n) is 5.54. The highest BCUT2D eigenvalue weighted by molar-refractivity contribution is 7.80. The van der Waals surface area contributed by atoms with Crippen LogP contribution in [0.5, 0.6) is 11.5 Å². The third-order valence-electron chi connectivity index (χ3n) is 7.47. The van der Waals surface area contributed by atoms with Crippen LogP contribution in [0.2, 0.25) is 10.0 Å². The van der Waals surface area contributed by atoms with Crippen LogP contribution in [0, 0.1) is 20.8 Å². The van der Waals surface area contributed by atoms with Crippen LogP contribution < -0.4 is 15.0 Å². The van der Waals surface area contributed by atoms with E-state index in [1.165, 1.54) is 0 Å². The summed E-state index contributed by atoms with van der Waals surface area (Å²) >= 11 is 18.8. The highest BCUT2D eigenvalue weighted by Gasteiger charge is 2.42. The first-order valence-corrected chi connectivity index (χ1v) is 14.5. The van der Waals surface area contributed by atoms with Gasteiger partial charge in [-0.2, -0.15) is 0 Å². The van der Waals surface area contributed by atoms with Gasteiger partial charge in [-0.3, -0.25) is 4.98 Å². The van der Waals surface area contributed by atoms with E-state index in [4.69, 9.17) is 45.1 Å². The Morgan fingerprint density at radius 2 is 1.63 bits per heavy atom. The van der Waals surface area contributed by atoms with E-state index < -0.39 is 0 Å². The van der Waals surface area contributed by atoms with Crippen molar-refractivity contribution in [1.29, 1.82) is 0 Å². The van der Waals surface area contributed by atoms with Crippen LogP contribution in [-0.4, -0.2) is 14.7 Å². The number of anilines is 1. The maximum atomic E-state index is 6.66. The quantitative estimate of drug-likeness (QED) is 0.197. The van der Waals surface area contributed by atoms with Gasteiger partial charge in [0.2, 0.25) is 0 Å². The Kier molecular flexibility index (Phi) is 7.47. The Morgan fingerprint density at radius 1 is 0.878 bits per heavy atom. The summed E-state index contributed by atoms with van der Waals surface area (Å²) in [6.45, 7) is 6.23. The molecule has 2 aromatic heterocycles. The lowest BCUT2D eigenvalue weighted by Crippen LogP contribution is -2.29. The summed E-state index contributed by atoms with van der Waals surface area (Å²) in [5, 5.41) is 5.38. The first kappa shape index (κ1) is 27.3. The normalized spacial score (nSPS) is 16.6. The van der Waals surface area contributed by atoms with Crippen LogP contribution in [0.25, 0.3) is 5.69 Å². The zero-order valence-corrected chi connectivity index (χ0v) is 25.1. The second kappa shape index (κ2) is 11.2. The number of pyridine rings is 1. The van der Waals surface area contributed by atoms with E-state index >= 15 is 0 Å². The molecule has 0 amide bonds. The lowest BCUT2D eigenvalue weighted by Gasteiger charge is -2.28. The van der Waals surface area contributed by atoms with Gasteiger partial charge in [-0.05, 0) is 111 Å². The highest BCUT2D eigenvalue weighted by atomic mass is 35.5. The molecule has 1 aliphatic rings. The van der Waals surface area contributed by atoms with E-state index in [0.29, 0.717) is 15.2 Å². The summed E-state index contributed by atoms with van der Waals surface area (Å²) in [5.74, 6) is 1.59. The maximum Gasteiger partial charge on any atom is 0.174 e. The molecule has 3 aromatic carbocycles. The molecule has 0 spiro atoms. The molecule has 1 saturated heterocycles. The molecule has 0 bridgehead atoms. The van der Waals surface area contributed by atoms with E-state index in [1.807, 2.05) is 92.0 Å². The van der Waals surface area contributed by atoms with Crippen molar-refractivity contribution in [3.8, 4) is 17.2 Å². The number of hydrogen-bond acceptors (Lipinski definition) is 3. The number of thiocarbonyl (C=S) groups is 1. The average molecular weight is 600 g/mol. The van der Waals surface area contributed by atoms with Crippen molar-refractivity contribution in [2.45, 2.75) is 32.9 Å². The number of benzene rings is 3. The molecule has 3 heterocycles. The Bertz CT molecular complexity index is 1740. The van der Waals surface area contributed by atoms with Crippen molar-refractivity contribution in [1.82, 2.24) is 14.9 Å². The summed E-state index contributed by atoms with van der Waals surface area (Å²) in [4.78, 5) is 6.87. The van der Waals surface area contributed by atoms with Crippen molar-refractivity contribution < 1.29 is 4.74 Å². The number of aromatic nitrogens is 2. The zero-order valence-electron chi connectivity index (χ0n) is 22.8. The largest absolute Gasteiger partial charge is 0.457 e. The van der Waals surface area contributed by atoms with Crippen molar-refractivity contribution in [3.05, 3.63) is 135 Å². The predicted octanol–water partition coefficient (Wildman–Crippen LogP) is 9.07. The van der Waals surface area contributed by atoms with Gasteiger partial charge in [0.25, 0.3) is 0 Å². The van der Waals surface area contributed by atoms with Crippen LogP contribution >= 0.6 is 35.4 Å². The molecule has 1 fully saturated rings. The van der Waals surface area contributed by atoms with Gasteiger partial charge in [0.1, 0.15) is 11.5 Å². The third-order valence-corrected chi connectivity index (χ3v) is 8.33. The second-order valence-corrected chi connectivity index (χ2v) is 11.3. The molecule has 0 saturated carbocycles. The lowest BCUT2D eigenvalue weighted by molar-refractivity contribution is 0.479. The molecule has 0 aliphatic carbocycles. The molecular weight excluding hydrogens is 571 g/mol. The van der Waals surface area contributed by atoms with Crippen LogP contribution in [0.1, 0.15) is 40.3 Å². The number of nitrogens with zero attached hydrogens (tertiary/aromatic N) is 3. The fraction of sp³-hybridized carbons (Fsp3) is 0.152. The molecule has 1 N–H and O–H groups in total. The Labute approximate surface area is 255 Å². The molecule has 0 unspecified atom stereocenters. The van der Waals surface area contributed by atoms with Gasteiger partial charge in [-0.25, -0.2) is 0 Å². The van der Waals surface area contributed by atoms with Crippen molar-refractivity contribution in [2.24, 2.45) is 0 Å².